The Labute approximate surface area is 144 Å². The molecule has 0 unspecified atom stereocenters. The summed E-state index contributed by atoms with van der Waals surface area (Å²) in [6.45, 7) is 1.95. The molecule has 0 aromatic heterocycles. The molecule has 0 bridgehead atoms. The fourth-order valence-electron chi connectivity index (χ4n) is 2.87. The molecule has 3 rings (SSSR count). The number of rotatable bonds is 6. The Balaban J connectivity index is 1.74. The zero-order valence-corrected chi connectivity index (χ0v) is 13.8. The summed E-state index contributed by atoms with van der Waals surface area (Å²) >= 11 is 0. The van der Waals surface area contributed by atoms with E-state index in [1.807, 2.05) is 0 Å². The summed E-state index contributed by atoms with van der Waals surface area (Å²) in [5.41, 5.74) is 7.40. The van der Waals surface area contributed by atoms with Gasteiger partial charge in [-0.2, -0.15) is 0 Å². The molecule has 0 fully saturated rings. The molecule has 2 amide bonds. The van der Waals surface area contributed by atoms with Gasteiger partial charge in [0.15, 0.2) is 0 Å². The number of ether oxygens (including phenoxy) is 2. The first-order valence-electron chi connectivity index (χ1n) is 7.89. The van der Waals surface area contributed by atoms with E-state index < -0.39 is 0 Å². The van der Waals surface area contributed by atoms with Crippen LogP contribution in [0.5, 0.6) is 0 Å². The number of hydrogen-bond donors (Lipinski definition) is 1. The van der Waals surface area contributed by atoms with Crippen molar-refractivity contribution in [3.8, 4) is 0 Å². The number of carbonyl (C=O) groups is 3. The highest BCUT2D eigenvalue weighted by atomic mass is 16.6. The van der Waals surface area contributed by atoms with E-state index in [4.69, 9.17) is 15.2 Å². The molecule has 0 radical (unpaired) electrons. The minimum Gasteiger partial charge on any atom is -0.463 e. The van der Waals surface area contributed by atoms with Gasteiger partial charge in [-0.1, -0.05) is 12.1 Å². The average molecular weight is 342 g/mol. The third-order valence-electron chi connectivity index (χ3n) is 4.02. The lowest BCUT2D eigenvalue weighted by Gasteiger charge is -2.27. The molecule has 0 spiro atoms. The number of nitrogens with two attached hydrogens (primary N) is 1. The van der Waals surface area contributed by atoms with E-state index in [-0.39, 0.29) is 44.1 Å². The number of esters is 1. The lowest BCUT2D eigenvalue weighted by molar-refractivity contribution is -0.142. The van der Waals surface area contributed by atoms with Crippen molar-refractivity contribution < 1.29 is 23.9 Å². The predicted molar refractivity (Wildman–Crippen MR) is 91.2 cm³/mol. The highest BCUT2D eigenvalue weighted by molar-refractivity contribution is 6.26. The van der Waals surface area contributed by atoms with Crippen molar-refractivity contribution in [2.75, 3.05) is 32.1 Å². The monoisotopic (exact) mass is 342 g/mol. The van der Waals surface area contributed by atoms with Crippen molar-refractivity contribution >= 4 is 34.2 Å². The Kier molecular flexibility index (Phi) is 4.67. The van der Waals surface area contributed by atoms with Crippen LogP contribution in [0.15, 0.2) is 30.3 Å². The van der Waals surface area contributed by atoms with Crippen LogP contribution in [0, 0.1) is 0 Å². The summed E-state index contributed by atoms with van der Waals surface area (Å²) in [6.07, 6.45) is 0. The van der Waals surface area contributed by atoms with Gasteiger partial charge in [0, 0.05) is 34.5 Å². The summed E-state index contributed by atoms with van der Waals surface area (Å²) in [6, 6.07) is 8.55. The van der Waals surface area contributed by atoms with E-state index in [1.165, 1.54) is 11.8 Å². The summed E-state index contributed by atoms with van der Waals surface area (Å²) in [4.78, 5) is 37.2. The molecule has 2 aromatic carbocycles. The third kappa shape index (κ3) is 3.18. The van der Waals surface area contributed by atoms with E-state index in [2.05, 4.69) is 0 Å². The predicted octanol–water partition coefficient (Wildman–Crippen LogP) is 1.60. The van der Waals surface area contributed by atoms with Crippen molar-refractivity contribution in [2.45, 2.75) is 6.92 Å². The maximum atomic E-state index is 12.7. The van der Waals surface area contributed by atoms with Crippen LogP contribution < -0.4 is 5.73 Å². The molecule has 25 heavy (non-hydrogen) atoms. The molecule has 2 aromatic rings. The van der Waals surface area contributed by atoms with Crippen molar-refractivity contribution in [2.24, 2.45) is 0 Å². The minimum atomic E-state index is -0.381. The van der Waals surface area contributed by atoms with Crippen LogP contribution in [-0.4, -0.2) is 49.0 Å². The molecule has 7 heteroatoms. The summed E-state index contributed by atoms with van der Waals surface area (Å²) in [5.74, 6) is -1.11. The molecular formula is C18H18N2O5. The van der Waals surface area contributed by atoms with Gasteiger partial charge in [-0.05, 0) is 18.2 Å². The Hall–Kier alpha value is -2.93. The third-order valence-corrected chi connectivity index (χ3v) is 4.02. The van der Waals surface area contributed by atoms with E-state index in [1.54, 1.807) is 30.3 Å². The molecule has 1 aliphatic rings. The number of hydrogen-bond acceptors (Lipinski definition) is 6. The van der Waals surface area contributed by atoms with E-state index in [0.717, 1.165) is 0 Å². The van der Waals surface area contributed by atoms with E-state index in [9.17, 15) is 14.4 Å². The molecule has 0 atom stereocenters. The van der Waals surface area contributed by atoms with Gasteiger partial charge in [0.05, 0.1) is 19.8 Å². The molecule has 2 N–H and O–H groups in total. The first-order valence-corrected chi connectivity index (χ1v) is 7.89. The van der Waals surface area contributed by atoms with Crippen LogP contribution in [0.3, 0.4) is 0 Å². The second-order valence-corrected chi connectivity index (χ2v) is 5.64. The lowest BCUT2D eigenvalue weighted by Crippen LogP contribution is -2.42. The zero-order chi connectivity index (χ0) is 18.0. The lowest BCUT2D eigenvalue weighted by atomic mass is 9.93. The molecule has 1 heterocycles. The van der Waals surface area contributed by atoms with Gasteiger partial charge in [-0.15, -0.1) is 0 Å². The SMILES string of the molecule is CC(=O)OCCOCCN1C(=O)c2cccc3c(N)ccc(c23)C1=O. The van der Waals surface area contributed by atoms with Crippen LogP contribution >= 0.6 is 0 Å². The second kappa shape index (κ2) is 6.90. The topological polar surface area (TPSA) is 98.9 Å². The molecule has 1 aliphatic heterocycles. The molecule has 0 saturated carbocycles. The van der Waals surface area contributed by atoms with Gasteiger partial charge in [-0.3, -0.25) is 19.3 Å². The van der Waals surface area contributed by atoms with Crippen LogP contribution in [0.2, 0.25) is 0 Å². The normalized spacial score (nSPS) is 13.4. The smallest absolute Gasteiger partial charge is 0.302 e. The maximum absolute atomic E-state index is 12.7. The van der Waals surface area contributed by atoms with Gasteiger partial charge in [-0.25, -0.2) is 0 Å². The Morgan fingerprint density at radius 1 is 1.04 bits per heavy atom. The van der Waals surface area contributed by atoms with Gasteiger partial charge in [0.25, 0.3) is 11.8 Å². The van der Waals surface area contributed by atoms with E-state index >= 15 is 0 Å². The highest BCUT2D eigenvalue weighted by Gasteiger charge is 2.32. The Bertz CT molecular complexity index is 840. The van der Waals surface area contributed by atoms with Crippen molar-refractivity contribution in [3.63, 3.8) is 0 Å². The van der Waals surface area contributed by atoms with Gasteiger partial charge in [0.1, 0.15) is 6.61 Å². The van der Waals surface area contributed by atoms with Crippen molar-refractivity contribution in [1.29, 1.82) is 0 Å². The number of nitrogen functional groups attached to an aromatic ring is 1. The quantitative estimate of drug-likeness (QED) is 0.370. The van der Waals surface area contributed by atoms with Crippen LogP contribution in [-0.2, 0) is 14.3 Å². The maximum Gasteiger partial charge on any atom is 0.302 e. The number of imide groups is 1. The average Bonchev–Trinajstić information content (AvgIpc) is 2.59. The first kappa shape index (κ1) is 16.9. The number of anilines is 1. The summed E-state index contributed by atoms with van der Waals surface area (Å²) in [5, 5.41) is 1.30. The molecule has 0 saturated heterocycles. The number of amides is 2. The Morgan fingerprint density at radius 3 is 2.48 bits per heavy atom. The van der Waals surface area contributed by atoms with Gasteiger partial charge in [0.2, 0.25) is 0 Å². The molecular weight excluding hydrogens is 324 g/mol. The van der Waals surface area contributed by atoms with Crippen LogP contribution in [0.1, 0.15) is 27.6 Å². The van der Waals surface area contributed by atoms with Crippen molar-refractivity contribution in [3.05, 3.63) is 41.5 Å². The fourth-order valence-corrected chi connectivity index (χ4v) is 2.87. The van der Waals surface area contributed by atoms with Gasteiger partial charge < -0.3 is 15.2 Å². The molecule has 130 valence electrons. The minimum absolute atomic E-state index is 0.123. The standard InChI is InChI=1S/C18H18N2O5/c1-11(21)25-10-9-24-8-7-20-17(22)13-4-2-3-12-15(19)6-5-14(16(12)13)18(20)23/h2-6H,7-10,19H2,1H3. The first-order chi connectivity index (χ1) is 12.0. The van der Waals surface area contributed by atoms with Gasteiger partial charge >= 0.3 is 5.97 Å². The molecule has 0 aliphatic carbocycles. The second-order valence-electron chi connectivity index (χ2n) is 5.64. The summed E-state index contributed by atoms with van der Waals surface area (Å²) < 4.78 is 10.1. The largest absolute Gasteiger partial charge is 0.463 e. The fraction of sp³-hybridized carbons (Fsp3) is 0.278. The highest BCUT2D eigenvalue weighted by Crippen LogP contribution is 2.32. The Morgan fingerprint density at radius 2 is 1.76 bits per heavy atom. The van der Waals surface area contributed by atoms with Crippen LogP contribution in [0.25, 0.3) is 10.8 Å². The summed E-state index contributed by atoms with van der Waals surface area (Å²) in [7, 11) is 0. The van der Waals surface area contributed by atoms with E-state index in [0.29, 0.717) is 27.6 Å². The number of nitrogens with zero attached hydrogens (tertiary/aromatic N) is 1. The number of benzene rings is 2. The van der Waals surface area contributed by atoms with Crippen molar-refractivity contribution in [1.82, 2.24) is 4.90 Å². The molecule has 7 nitrogen and oxygen atoms in total. The van der Waals surface area contributed by atoms with Crippen LogP contribution in [0.4, 0.5) is 5.69 Å². The zero-order valence-electron chi connectivity index (χ0n) is 13.8. The number of carbonyl (C=O) groups excluding carboxylic acids is 3.